The molecule has 1 unspecified atom stereocenters. The van der Waals surface area contributed by atoms with E-state index in [1.165, 1.54) is 6.07 Å². The van der Waals surface area contributed by atoms with Crippen molar-refractivity contribution in [2.75, 3.05) is 39.3 Å². The minimum absolute atomic E-state index is 0.129. The molecule has 2 saturated heterocycles. The van der Waals surface area contributed by atoms with Gasteiger partial charge >= 0.3 is 0 Å². The third kappa shape index (κ3) is 4.70. The van der Waals surface area contributed by atoms with Crippen LogP contribution in [0.2, 0.25) is 10.0 Å². The van der Waals surface area contributed by atoms with E-state index in [0.717, 1.165) is 6.42 Å². The molecule has 0 saturated carbocycles. The molecule has 1 aromatic carbocycles. The summed E-state index contributed by atoms with van der Waals surface area (Å²) in [5.74, 6) is -0.439. The number of halogens is 4. The van der Waals surface area contributed by atoms with Crippen LogP contribution >= 0.6 is 23.2 Å². The normalized spacial score (nSPS) is 21.1. The fourth-order valence-electron chi connectivity index (χ4n) is 3.64. The highest BCUT2D eigenvalue weighted by atomic mass is 35.5. The molecule has 0 spiro atoms. The molecule has 1 atom stereocenters. The molecule has 3 rings (SSSR count). The third-order valence-corrected chi connectivity index (χ3v) is 5.60. The number of rotatable bonds is 4. The Hall–Kier alpha value is -1.44. The summed E-state index contributed by atoms with van der Waals surface area (Å²) in [5, 5.41) is 0.697. The Morgan fingerprint density at radius 3 is 2.48 bits per heavy atom. The maximum atomic E-state index is 12.9. The molecule has 2 aliphatic rings. The Morgan fingerprint density at radius 2 is 1.81 bits per heavy atom. The van der Waals surface area contributed by atoms with Crippen LogP contribution in [0.15, 0.2) is 18.2 Å². The van der Waals surface area contributed by atoms with E-state index >= 15 is 0 Å². The summed E-state index contributed by atoms with van der Waals surface area (Å²) >= 11 is 12.1. The summed E-state index contributed by atoms with van der Waals surface area (Å²) in [7, 11) is 0. The third-order valence-electron chi connectivity index (χ3n) is 5.04. The molecule has 0 N–H and O–H groups in total. The van der Waals surface area contributed by atoms with Gasteiger partial charge in [0.2, 0.25) is 5.91 Å². The van der Waals surface area contributed by atoms with Crippen molar-refractivity contribution in [3.05, 3.63) is 33.8 Å². The van der Waals surface area contributed by atoms with Crippen molar-refractivity contribution in [2.45, 2.75) is 25.3 Å². The largest absolute Gasteiger partial charge is 0.338 e. The maximum absolute atomic E-state index is 12.9. The molecular formula is C18H21Cl2F2N3O2. The summed E-state index contributed by atoms with van der Waals surface area (Å²) in [4.78, 5) is 30.7. The molecule has 148 valence electrons. The number of hydrogen-bond acceptors (Lipinski definition) is 3. The predicted octanol–water partition coefficient (Wildman–Crippen LogP) is 3.01. The van der Waals surface area contributed by atoms with Crippen LogP contribution in [0.5, 0.6) is 0 Å². The highest BCUT2D eigenvalue weighted by molar-refractivity contribution is 6.35. The number of likely N-dealkylation sites (tertiary alicyclic amines) is 1. The lowest BCUT2D eigenvalue weighted by Crippen LogP contribution is -2.54. The van der Waals surface area contributed by atoms with Crippen molar-refractivity contribution < 1.29 is 18.4 Å². The zero-order chi connectivity index (χ0) is 19.6. The van der Waals surface area contributed by atoms with Gasteiger partial charge < -0.3 is 9.80 Å². The number of benzene rings is 1. The van der Waals surface area contributed by atoms with Crippen LogP contribution in [0, 0.1) is 0 Å². The maximum Gasteiger partial charge on any atom is 0.256 e. The van der Waals surface area contributed by atoms with Gasteiger partial charge in [-0.3, -0.25) is 14.5 Å². The van der Waals surface area contributed by atoms with Gasteiger partial charge in [0.15, 0.2) is 0 Å². The molecule has 2 aliphatic heterocycles. The number of carbonyl (C=O) groups excluding carboxylic acids is 2. The second-order valence-corrected chi connectivity index (χ2v) is 7.64. The first-order valence-electron chi connectivity index (χ1n) is 8.92. The summed E-state index contributed by atoms with van der Waals surface area (Å²) in [6, 6.07) is 4.13. The fourth-order valence-corrected chi connectivity index (χ4v) is 4.01. The quantitative estimate of drug-likeness (QED) is 0.753. The molecule has 2 amide bonds. The highest BCUT2D eigenvalue weighted by Crippen LogP contribution is 2.27. The van der Waals surface area contributed by atoms with Crippen molar-refractivity contribution in [3.63, 3.8) is 0 Å². The molecule has 0 aromatic heterocycles. The lowest BCUT2D eigenvalue weighted by molar-refractivity contribution is -0.137. The monoisotopic (exact) mass is 419 g/mol. The van der Waals surface area contributed by atoms with E-state index in [9.17, 15) is 18.4 Å². The molecule has 2 heterocycles. The number of piperazine rings is 1. The van der Waals surface area contributed by atoms with Gasteiger partial charge in [0.05, 0.1) is 17.1 Å². The van der Waals surface area contributed by atoms with Crippen LogP contribution in [0.3, 0.4) is 0 Å². The molecular weight excluding hydrogens is 399 g/mol. The zero-order valence-corrected chi connectivity index (χ0v) is 16.2. The Kier molecular flexibility index (Phi) is 6.55. The van der Waals surface area contributed by atoms with E-state index in [0.29, 0.717) is 49.2 Å². The van der Waals surface area contributed by atoms with Crippen molar-refractivity contribution in [3.8, 4) is 0 Å². The van der Waals surface area contributed by atoms with Crippen molar-refractivity contribution in [1.82, 2.24) is 14.7 Å². The molecule has 0 aliphatic carbocycles. The standard InChI is InChI=1S/C18H21Cl2F2N3O2/c19-12-3-4-14(20)13(10-12)17(26)25-5-1-2-15(25)18(27)24-8-6-23(7-9-24)11-16(21)22/h3-4,10,15-16H,1-2,5-9,11H2. The molecule has 0 bridgehead atoms. The second-order valence-electron chi connectivity index (χ2n) is 6.80. The van der Waals surface area contributed by atoms with Gasteiger partial charge in [-0.25, -0.2) is 8.78 Å². The fraction of sp³-hybridized carbons (Fsp3) is 0.556. The molecule has 5 nitrogen and oxygen atoms in total. The first-order chi connectivity index (χ1) is 12.9. The van der Waals surface area contributed by atoms with Gasteiger partial charge in [-0.1, -0.05) is 23.2 Å². The number of hydrogen-bond donors (Lipinski definition) is 0. The Bertz CT molecular complexity index is 712. The Morgan fingerprint density at radius 1 is 1.11 bits per heavy atom. The van der Waals surface area contributed by atoms with Gasteiger partial charge in [-0.05, 0) is 31.0 Å². The second kappa shape index (κ2) is 8.71. The highest BCUT2D eigenvalue weighted by Gasteiger charge is 2.38. The Labute approximate surface area is 166 Å². The van der Waals surface area contributed by atoms with Crippen molar-refractivity contribution in [2.24, 2.45) is 0 Å². The van der Waals surface area contributed by atoms with Gasteiger partial charge in [0, 0.05) is 37.7 Å². The minimum Gasteiger partial charge on any atom is -0.338 e. The van der Waals surface area contributed by atoms with Gasteiger partial charge in [-0.15, -0.1) is 0 Å². The number of carbonyl (C=O) groups is 2. The van der Waals surface area contributed by atoms with Crippen LogP contribution < -0.4 is 0 Å². The topological polar surface area (TPSA) is 43.9 Å². The number of amides is 2. The summed E-state index contributed by atoms with van der Waals surface area (Å²) in [5.41, 5.74) is 0.283. The lowest BCUT2D eigenvalue weighted by atomic mass is 10.1. The summed E-state index contributed by atoms with van der Waals surface area (Å²) in [6.45, 7) is 1.81. The minimum atomic E-state index is -2.38. The molecule has 1 aromatic rings. The zero-order valence-electron chi connectivity index (χ0n) is 14.7. The van der Waals surface area contributed by atoms with Crippen LogP contribution in [0.4, 0.5) is 8.78 Å². The van der Waals surface area contributed by atoms with Gasteiger partial charge in [-0.2, -0.15) is 0 Å². The predicted molar refractivity (Wildman–Crippen MR) is 99.5 cm³/mol. The van der Waals surface area contributed by atoms with Crippen LogP contribution in [-0.4, -0.2) is 78.2 Å². The van der Waals surface area contributed by atoms with E-state index in [1.807, 2.05) is 0 Å². The first-order valence-corrected chi connectivity index (χ1v) is 9.67. The summed E-state index contributed by atoms with van der Waals surface area (Å²) < 4.78 is 25.0. The smallest absolute Gasteiger partial charge is 0.256 e. The first kappa shape index (κ1) is 20.3. The SMILES string of the molecule is O=C(C1CCCN1C(=O)c1cc(Cl)ccc1Cl)N1CCN(CC(F)F)CC1. The number of nitrogens with zero attached hydrogens (tertiary/aromatic N) is 3. The van der Waals surface area contributed by atoms with Crippen LogP contribution in [-0.2, 0) is 4.79 Å². The van der Waals surface area contributed by atoms with E-state index in [4.69, 9.17) is 23.2 Å². The van der Waals surface area contributed by atoms with Crippen molar-refractivity contribution >= 4 is 35.0 Å². The van der Waals surface area contributed by atoms with Crippen LogP contribution in [0.25, 0.3) is 0 Å². The van der Waals surface area contributed by atoms with Gasteiger partial charge in [0.25, 0.3) is 12.3 Å². The molecule has 0 radical (unpaired) electrons. The van der Waals surface area contributed by atoms with Crippen molar-refractivity contribution in [1.29, 1.82) is 0 Å². The van der Waals surface area contributed by atoms with E-state index in [2.05, 4.69) is 0 Å². The average molecular weight is 420 g/mol. The molecule has 27 heavy (non-hydrogen) atoms. The molecule has 9 heteroatoms. The molecule has 2 fully saturated rings. The van der Waals surface area contributed by atoms with E-state index < -0.39 is 12.5 Å². The Balaban J connectivity index is 1.66. The lowest BCUT2D eigenvalue weighted by Gasteiger charge is -2.37. The van der Waals surface area contributed by atoms with Crippen LogP contribution in [0.1, 0.15) is 23.2 Å². The average Bonchev–Trinajstić information content (AvgIpc) is 3.12. The number of alkyl halides is 2. The summed E-state index contributed by atoms with van der Waals surface area (Å²) in [6.07, 6.45) is -1.07. The van der Waals surface area contributed by atoms with E-state index in [1.54, 1.807) is 26.8 Å². The van der Waals surface area contributed by atoms with E-state index in [-0.39, 0.29) is 23.9 Å². The van der Waals surface area contributed by atoms with Gasteiger partial charge in [0.1, 0.15) is 6.04 Å².